The van der Waals surface area contributed by atoms with E-state index in [1.54, 1.807) is 12.1 Å². The summed E-state index contributed by atoms with van der Waals surface area (Å²) in [5, 5.41) is 7.85. The zero-order valence-corrected chi connectivity index (χ0v) is 22.7. The molecule has 4 aliphatic rings. The van der Waals surface area contributed by atoms with Gasteiger partial charge in [0.05, 0.1) is 13.0 Å². The number of hydrazine groups is 1. The van der Waals surface area contributed by atoms with E-state index in [1.165, 1.54) is 11.1 Å². The van der Waals surface area contributed by atoms with E-state index in [0.717, 1.165) is 10.6 Å². The van der Waals surface area contributed by atoms with Crippen LogP contribution in [0.25, 0.3) is 0 Å². The van der Waals surface area contributed by atoms with E-state index in [9.17, 15) is 24.0 Å². The lowest BCUT2D eigenvalue weighted by atomic mass is 10.0. The molecule has 2 N–H and O–H groups in total. The maximum absolute atomic E-state index is 13.9. The van der Waals surface area contributed by atoms with Crippen molar-refractivity contribution in [1.82, 2.24) is 20.7 Å². The van der Waals surface area contributed by atoms with E-state index in [2.05, 4.69) is 10.6 Å². The van der Waals surface area contributed by atoms with E-state index < -0.39 is 41.7 Å². The monoisotopic (exact) mass is 578 g/mol. The van der Waals surface area contributed by atoms with Crippen LogP contribution in [0.15, 0.2) is 48.5 Å². The number of nitrogens with one attached hydrogen (secondary N) is 2. The smallest absolute Gasteiger partial charge is 0.309 e. The van der Waals surface area contributed by atoms with Gasteiger partial charge < -0.3 is 24.3 Å². The van der Waals surface area contributed by atoms with E-state index in [1.807, 2.05) is 30.3 Å². The van der Waals surface area contributed by atoms with Crippen LogP contribution in [0, 0.1) is 0 Å². The summed E-state index contributed by atoms with van der Waals surface area (Å²) < 4.78 is 22.0. The van der Waals surface area contributed by atoms with Crippen LogP contribution in [0.3, 0.4) is 0 Å². The van der Waals surface area contributed by atoms with Crippen LogP contribution in [0.2, 0.25) is 0 Å². The molecule has 3 atom stereocenters. The van der Waals surface area contributed by atoms with Crippen LogP contribution >= 0.6 is 0 Å². The zero-order chi connectivity index (χ0) is 29.3. The molecule has 0 aromatic heterocycles. The minimum absolute atomic E-state index is 0.00437. The molecule has 3 unspecified atom stereocenters. The van der Waals surface area contributed by atoms with Gasteiger partial charge in [-0.05, 0) is 43.0 Å². The maximum Gasteiger partial charge on any atom is 0.309 e. The molecule has 0 spiro atoms. The number of amides is 4. The molecule has 2 aromatic carbocycles. The van der Waals surface area contributed by atoms with Crippen LogP contribution in [-0.4, -0.2) is 70.9 Å². The fourth-order valence-electron chi connectivity index (χ4n) is 5.51. The number of nitrogens with zero attached hydrogens (tertiary/aromatic N) is 2. The lowest BCUT2D eigenvalue weighted by Gasteiger charge is -2.43. The Hall–Kier alpha value is -4.65. The predicted octanol–water partition coefficient (Wildman–Crippen LogP) is 1.37. The molecule has 4 heterocycles. The first-order valence-corrected chi connectivity index (χ1v) is 13.9. The molecular weight excluding hydrogens is 548 g/mol. The van der Waals surface area contributed by atoms with Gasteiger partial charge in [-0.3, -0.25) is 34.3 Å². The molecule has 4 aliphatic heterocycles. The average molecular weight is 579 g/mol. The molecule has 0 aliphatic carbocycles. The first-order valence-electron chi connectivity index (χ1n) is 13.9. The van der Waals surface area contributed by atoms with E-state index in [0.29, 0.717) is 17.9 Å². The van der Waals surface area contributed by atoms with Crippen LogP contribution < -0.4 is 20.1 Å². The number of hydrogen-bond acceptors (Lipinski definition) is 9. The molecule has 0 bridgehead atoms. The Morgan fingerprint density at radius 3 is 2.60 bits per heavy atom. The van der Waals surface area contributed by atoms with E-state index in [-0.39, 0.29) is 63.5 Å². The van der Waals surface area contributed by atoms with Gasteiger partial charge in [0.1, 0.15) is 12.1 Å². The second-order valence-electron chi connectivity index (χ2n) is 10.5. The summed E-state index contributed by atoms with van der Waals surface area (Å²) in [4.78, 5) is 65.8. The van der Waals surface area contributed by atoms with Crippen LogP contribution in [0.4, 0.5) is 0 Å². The third-order valence-electron chi connectivity index (χ3n) is 7.67. The first kappa shape index (κ1) is 27.5. The van der Waals surface area contributed by atoms with E-state index >= 15 is 0 Å². The van der Waals surface area contributed by atoms with Gasteiger partial charge in [0.15, 0.2) is 11.5 Å². The van der Waals surface area contributed by atoms with Crippen molar-refractivity contribution in [1.29, 1.82) is 0 Å². The van der Waals surface area contributed by atoms with Gasteiger partial charge in [-0.25, -0.2) is 5.01 Å². The number of esters is 1. The molecule has 2 aromatic rings. The second-order valence-corrected chi connectivity index (χ2v) is 10.5. The summed E-state index contributed by atoms with van der Waals surface area (Å²) in [6.07, 6.45) is 0.927. The number of benzene rings is 2. The average Bonchev–Trinajstić information content (AvgIpc) is 3.60. The molecule has 3 fully saturated rings. The van der Waals surface area contributed by atoms with Gasteiger partial charge in [0.25, 0.3) is 17.7 Å². The Kier molecular flexibility index (Phi) is 7.42. The van der Waals surface area contributed by atoms with Gasteiger partial charge in [0, 0.05) is 24.9 Å². The molecular formula is C29H30N4O9. The van der Waals surface area contributed by atoms with E-state index in [4.69, 9.17) is 18.9 Å². The van der Waals surface area contributed by atoms with Crippen molar-refractivity contribution in [3.05, 3.63) is 59.7 Å². The molecule has 6 rings (SSSR count). The Balaban J connectivity index is 1.19. The van der Waals surface area contributed by atoms with Gasteiger partial charge in [-0.2, -0.15) is 0 Å². The van der Waals surface area contributed by atoms with Gasteiger partial charge in [0.2, 0.25) is 18.6 Å². The Labute approximate surface area is 241 Å². The quantitative estimate of drug-likeness (QED) is 0.366. The highest BCUT2D eigenvalue weighted by Crippen LogP contribution is 2.33. The summed E-state index contributed by atoms with van der Waals surface area (Å²) in [5.41, 5.74) is 1.07. The van der Waals surface area contributed by atoms with Crippen LogP contribution in [-0.2, 0) is 35.3 Å². The predicted molar refractivity (Wildman–Crippen MR) is 142 cm³/mol. The van der Waals surface area contributed by atoms with Crippen molar-refractivity contribution in [2.45, 2.75) is 63.1 Å². The van der Waals surface area contributed by atoms with Crippen LogP contribution in [0.1, 0.15) is 54.4 Å². The van der Waals surface area contributed by atoms with Crippen molar-refractivity contribution in [2.75, 3.05) is 13.3 Å². The van der Waals surface area contributed by atoms with Gasteiger partial charge >= 0.3 is 5.97 Å². The second kappa shape index (κ2) is 11.3. The lowest BCUT2D eigenvalue weighted by Crippen LogP contribution is -2.65. The Morgan fingerprint density at radius 1 is 1.00 bits per heavy atom. The number of carbonyl (C=O) groups is 5. The number of carbonyl (C=O) groups excluding carboxylic acids is 5. The molecule has 0 radical (unpaired) electrons. The third kappa shape index (κ3) is 5.47. The normalized spacial score (nSPS) is 25.0. The van der Waals surface area contributed by atoms with Gasteiger partial charge in [-0.15, -0.1) is 0 Å². The Bertz CT molecular complexity index is 1420. The summed E-state index contributed by atoms with van der Waals surface area (Å²) in [5.74, 6) is -3.39. The third-order valence-corrected chi connectivity index (χ3v) is 7.67. The summed E-state index contributed by atoms with van der Waals surface area (Å²) in [6.45, 7) is 0.373. The fourth-order valence-corrected chi connectivity index (χ4v) is 5.51. The van der Waals surface area contributed by atoms with Crippen molar-refractivity contribution in [2.24, 2.45) is 0 Å². The number of cyclic esters (lactones) is 1. The standard InChI is InChI=1S/C29H30N4O9/c34-24-11-9-20(30-26(36)19-8-10-22-23(15-19)40-17-39-22)28(38)33-21(7-4-14-32(24)33)27(37)31-29(13-12-25(35)42-29)41-16-18-5-2-1-3-6-18/h1-3,5-6,8,10,15,20-21H,4,7,9,11-14,16-17H2,(H,30,36)(H,31,37). The number of fused-ring (bicyclic) bond motifs is 2. The zero-order valence-electron chi connectivity index (χ0n) is 22.7. The highest BCUT2D eigenvalue weighted by molar-refractivity contribution is 6.00. The topological polar surface area (TPSA) is 153 Å². The van der Waals surface area contributed by atoms with Crippen LogP contribution in [0.5, 0.6) is 11.5 Å². The maximum atomic E-state index is 13.9. The molecule has 13 nitrogen and oxygen atoms in total. The summed E-state index contributed by atoms with van der Waals surface area (Å²) in [7, 11) is 0. The first-order chi connectivity index (χ1) is 20.3. The van der Waals surface area contributed by atoms with Crippen molar-refractivity contribution < 1.29 is 42.9 Å². The molecule has 42 heavy (non-hydrogen) atoms. The summed E-state index contributed by atoms with van der Waals surface area (Å²) >= 11 is 0. The lowest BCUT2D eigenvalue weighted by molar-refractivity contribution is -0.234. The SMILES string of the molecule is O=C1CCC(NC(=O)C2CCCN3C(=O)CCC(NC(=O)c4ccc5c(c4)OCO5)C(=O)N23)(OCc2ccccc2)O1. The highest BCUT2D eigenvalue weighted by Gasteiger charge is 2.49. The van der Waals surface area contributed by atoms with Crippen molar-refractivity contribution >= 4 is 29.6 Å². The molecule has 0 saturated carbocycles. The Morgan fingerprint density at radius 2 is 1.81 bits per heavy atom. The van der Waals surface area contributed by atoms with Crippen molar-refractivity contribution in [3.8, 4) is 11.5 Å². The molecule has 220 valence electrons. The fraction of sp³-hybridized carbons (Fsp3) is 0.414. The largest absolute Gasteiger partial charge is 0.454 e. The number of hydrogen-bond donors (Lipinski definition) is 2. The molecule has 13 heteroatoms. The van der Waals surface area contributed by atoms with Crippen molar-refractivity contribution in [3.63, 3.8) is 0 Å². The summed E-state index contributed by atoms with van der Waals surface area (Å²) in [6, 6.07) is 11.7. The minimum Gasteiger partial charge on any atom is -0.454 e. The minimum atomic E-state index is -1.71. The van der Waals surface area contributed by atoms with Gasteiger partial charge in [-0.1, -0.05) is 30.3 Å². The number of ether oxygens (including phenoxy) is 4. The number of rotatable bonds is 7. The molecule has 4 amide bonds. The molecule has 3 saturated heterocycles. The highest BCUT2D eigenvalue weighted by atomic mass is 16.7.